The van der Waals surface area contributed by atoms with Crippen molar-refractivity contribution in [2.75, 3.05) is 20.3 Å². The molecule has 0 saturated carbocycles. The van der Waals surface area contributed by atoms with Crippen LogP contribution in [0.25, 0.3) is 6.08 Å². The summed E-state index contributed by atoms with van der Waals surface area (Å²) >= 11 is 12.9. The van der Waals surface area contributed by atoms with E-state index in [0.29, 0.717) is 32.9 Å². The monoisotopic (exact) mass is 437 g/mol. The van der Waals surface area contributed by atoms with E-state index in [0.717, 1.165) is 17.3 Å². The minimum Gasteiger partial charge on any atom is -0.488 e. The second-order valence-corrected chi connectivity index (χ2v) is 7.71. The number of imide groups is 1. The molecule has 1 aliphatic rings. The summed E-state index contributed by atoms with van der Waals surface area (Å²) in [5, 5.41) is 0.637. The average Bonchev–Trinajstić information content (AvgIpc) is 2.95. The van der Waals surface area contributed by atoms with Crippen molar-refractivity contribution in [3.63, 3.8) is 0 Å². The van der Waals surface area contributed by atoms with Crippen LogP contribution in [0.4, 0.5) is 4.79 Å². The zero-order chi connectivity index (χ0) is 20.1. The molecule has 1 aliphatic heterocycles. The summed E-state index contributed by atoms with van der Waals surface area (Å²) in [7, 11) is 1.52. The highest BCUT2D eigenvalue weighted by Crippen LogP contribution is 2.34. The van der Waals surface area contributed by atoms with Gasteiger partial charge in [0.05, 0.1) is 28.1 Å². The lowest BCUT2D eigenvalue weighted by Crippen LogP contribution is -2.31. The summed E-state index contributed by atoms with van der Waals surface area (Å²) < 4.78 is 10.8. The van der Waals surface area contributed by atoms with E-state index in [1.807, 2.05) is 24.3 Å². The van der Waals surface area contributed by atoms with Crippen LogP contribution < -0.4 is 4.74 Å². The largest absolute Gasteiger partial charge is 0.488 e. The van der Waals surface area contributed by atoms with E-state index < -0.39 is 0 Å². The molecular weight excluding hydrogens is 421 g/mol. The molecule has 3 rings (SSSR count). The van der Waals surface area contributed by atoms with Gasteiger partial charge in [-0.15, -0.1) is 0 Å². The van der Waals surface area contributed by atoms with E-state index in [1.165, 1.54) is 12.0 Å². The number of nitrogens with zero attached hydrogens (tertiary/aromatic N) is 1. The summed E-state index contributed by atoms with van der Waals surface area (Å²) in [5.74, 6) is 0.267. The number of para-hydroxylation sites is 1. The summed E-state index contributed by atoms with van der Waals surface area (Å²) in [6.45, 7) is 0.819. The highest BCUT2D eigenvalue weighted by atomic mass is 35.5. The molecule has 0 atom stereocenters. The molecule has 0 N–H and O–H groups in total. The zero-order valence-corrected chi connectivity index (χ0v) is 17.3. The van der Waals surface area contributed by atoms with Gasteiger partial charge in [0.15, 0.2) is 0 Å². The fraction of sp³-hybridized carbons (Fsp3) is 0.200. The van der Waals surface area contributed by atoms with Crippen LogP contribution in [0, 0.1) is 0 Å². The van der Waals surface area contributed by atoms with Crippen molar-refractivity contribution in [3.05, 3.63) is 68.5 Å². The Morgan fingerprint density at radius 2 is 1.89 bits per heavy atom. The van der Waals surface area contributed by atoms with Gasteiger partial charge in [0.25, 0.3) is 11.1 Å². The molecule has 146 valence electrons. The van der Waals surface area contributed by atoms with Gasteiger partial charge in [0.1, 0.15) is 12.4 Å². The molecule has 28 heavy (non-hydrogen) atoms. The maximum absolute atomic E-state index is 12.5. The number of carbonyl (C=O) groups excluding carboxylic acids is 2. The quantitative estimate of drug-likeness (QED) is 0.553. The number of halogens is 2. The van der Waals surface area contributed by atoms with Crippen molar-refractivity contribution in [2.24, 2.45) is 0 Å². The second-order valence-electron chi connectivity index (χ2n) is 5.90. The van der Waals surface area contributed by atoms with Gasteiger partial charge in [0.2, 0.25) is 0 Å². The Hall–Kier alpha value is -1.99. The fourth-order valence-corrected chi connectivity index (χ4v) is 3.71. The Labute approximate surface area is 177 Å². The topological polar surface area (TPSA) is 55.8 Å². The van der Waals surface area contributed by atoms with Crippen molar-refractivity contribution in [1.82, 2.24) is 4.90 Å². The summed E-state index contributed by atoms with van der Waals surface area (Å²) in [4.78, 5) is 26.1. The SMILES string of the molecule is COCCN1C(=O)S/C(=C/c2ccccc2OCc2ccc(Cl)c(Cl)c2)C1=O. The average molecular weight is 438 g/mol. The van der Waals surface area contributed by atoms with Gasteiger partial charge in [0, 0.05) is 12.7 Å². The first-order chi connectivity index (χ1) is 13.5. The van der Waals surface area contributed by atoms with Crippen molar-refractivity contribution in [1.29, 1.82) is 0 Å². The smallest absolute Gasteiger partial charge is 0.293 e. The molecule has 0 unspecified atom stereocenters. The van der Waals surface area contributed by atoms with Crippen molar-refractivity contribution in [3.8, 4) is 5.75 Å². The molecule has 0 aromatic heterocycles. The van der Waals surface area contributed by atoms with E-state index in [1.54, 1.807) is 24.3 Å². The van der Waals surface area contributed by atoms with Crippen LogP contribution in [0.5, 0.6) is 5.75 Å². The molecule has 2 amide bonds. The van der Waals surface area contributed by atoms with Gasteiger partial charge in [-0.2, -0.15) is 0 Å². The Morgan fingerprint density at radius 3 is 2.64 bits per heavy atom. The maximum atomic E-state index is 12.5. The first-order valence-corrected chi connectivity index (χ1v) is 9.97. The van der Waals surface area contributed by atoms with E-state index in [2.05, 4.69) is 0 Å². The molecule has 1 heterocycles. The first kappa shape index (κ1) is 20.7. The van der Waals surface area contributed by atoms with Crippen molar-refractivity contribution >= 4 is 52.2 Å². The number of hydrogen-bond acceptors (Lipinski definition) is 5. The lowest BCUT2D eigenvalue weighted by Gasteiger charge is -2.11. The number of hydrogen-bond donors (Lipinski definition) is 0. The van der Waals surface area contributed by atoms with E-state index in [-0.39, 0.29) is 24.3 Å². The van der Waals surface area contributed by atoms with Crippen LogP contribution >= 0.6 is 35.0 Å². The van der Waals surface area contributed by atoms with Gasteiger partial charge < -0.3 is 9.47 Å². The highest BCUT2D eigenvalue weighted by molar-refractivity contribution is 8.18. The lowest BCUT2D eigenvalue weighted by atomic mass is 10.1. The maximum Gasteiger partial charge on any atom is 0.293 e. The molecule has 0 radical (unpaired) electrons. The molecule has 1 saturated heterocycles. The Morgan fingerprint density at radius 1 is 1.11 bits per heavy atom. The van der Waals surface area contributed by atoms with Crippen LogP contribution in [0.3, 0.4) is 0 Å². The van der Waals surface area contributed by atoms with Gasteiger partial charge in [-0.1, -0.05) is 47.5 Å². The lowest BCUT2D eigenvalue weighted by molar-refractivity contribution is -0.123. The predicted molar refractivity (Wildman–Crippen MR) is 112 cm³/mol. The first-order valence-electron chi connectivity index (χ1n) is 8.39. The zero-order valence-electron chi connectivity index (χ0n) is 15.0. The molecule has 0 spiro atoms. The fourth-order valence-electron chi connectivity index (χ4n) is 2.54. The molecule has 8 heteroatoms. The van der Waals surface area contributed by atoms with Crippen molar-refractivity contribution < 1.29 is 19.1 Å². The minimum absolute atomic E-state index is 0.230. The summed E-state index contributed by atoms with van der Waals surface area (Å²) in [5.41, 5.74) is 1.57. The van der Waals surface area contributed by atoms with E-state index in [4.69, 9.17) is 32.7 Å². The molecule has 2 aromatic rings. The Balaban J connectivity index is 1.76. The van der Waals surface area contributed by atoms with Crippen LogP contribution in [0.2, 0.25) is 10.0 Å². The van der Waals surface area contributed by atoms with E-state index >= 15 is 0 Å². The number of amides is 2. The highest BCUT2D eigenvalue weighted by Gasteiger charge is 2.34. The van der Waals surface area contributed by atoms with Crippen LogP contribution in [-0.2, 0) is 16.1 Å². The molecule has 1 fully saturated rings. The van der Waals surface area contributed by atoms with Gasteiger partial charge in [-0.3, -0.25) is 14.5 Å². The third-order valence-corrected chi connectivity index (χ3v) is 5.62. The predicted octanol–water partition coefficient (Wildman–Crippen LogP) is 5.26. The normalized spacial score (nSPS) is 15.5. The number of benzene rings is 2. The third kappa shape index (κ3) is 4.89. The summed E-state index contributed by atoms with van der Waals surface area (Å²) in [6.07, 6.45) is 1.67. The number of thioether (sulfide) groups is 1. The van der Waals surface area contributed by atoms with Crippen molar-refractivity contribution in [2.45, 2.75) is 6.61 Å². The molecular formula is C20H17Cl2NO4S. The van der Waals surface area contributed by atoms with Gasteiger partial charge in [-0.25, -0.2) is 0 Å². The van der Waals surface area contributed by atoms with Crippen LogP contribution in [0.1, 0.15) is 11.1 Å². The van der Waals surface area contributed by atoms with Crippen LogP contribution in [0.15, 0.2) is 47.4 Å². The second kappa shape index (κ2) is 9.47. The third-order valence-electron chi connectivity index (χ3n) is 3.98. The van der Waals surface area contributed by atoms with E-state index in [9.17, 15) is 9.59 Å². The molecule has 2 aromatic carbocycles. The summed E-state index contributed by atoms with van der Waals surface area (Å²) in [6, 6.07) is 12.6. The number of rotatable bonds is 7. The molecule has 0 bridgehead atoms. The molecule has 0 aliphatic carbocycles. The Bertz CT molecular complexity index is 932. The standard InChI is InChI=1S/C20H17Cl2NO4S/c1-26-9-8-23-19(24)18(28-20(23)25)11-14-4-2-3-5-17(14)27-12-13-6-7-15(21)16(22)10-13/h2-7,10-11H,8-9,12H2,1H3/b18-11+. The Kier molecular flexibility index (Phi) is 7.02. The number of ether oxygens (including phenoxy) is 2. The van der Waals surface area contributed by atoms with Gasteiger partial charge in [-0.05, 0) is 41.6 Å². The molecule has 5 nitrogen and oxygen atoms in total. The minimum atomic E-state index is -0.327. The number of methoxy groups -OCH3 is 1. The van der Waals surface area contributed by atoms with Crippen LogP contribution in [-0.4, -0.2) is 36.3 Å². The number of carbonyl (C=O) groups is 2. The van der Waals surface area contributed by atoms with Gasteiger partial charge >= 0.3 is 0 Å².